The fraction of sp³-hybridized carbons (Fsp3) is 0.667. The summed E-state index contributed by atoms with van der Waals surface area (Å²) in [5.41, 5.74) is 0. The van der Waals surface area contributed by atoms with Gasteiger partial charge in [0, 0.05) is 24.1 Å². The molecule has 0 aliphatic heterocycles. The topological polar surface area (TPSA) is 30.5 Å². The Kier molecular flexibility index (Phi) is 7.42. The van der Waals surface area contributed by atoms with Crippen LogP contribution in [0.15, 0.2) is 17.5 Å². The maximum atomic E-state index is 5.42. The zero-order valence-corrected chi connectivity index (χ0v) is 10.9. The zero-order valence-electron chi connectivity index (χ0n) is 10.1. The van der Waals surface area contributed by atoms with Crippen molar-refractivity contribution in [3.05, 3.63) is 22.4 Å². The van der Waals surface area contributed by atoms with Gasteiger partial charge in [-0.3, -0.25) is 0 Å². The molecule has 1 atom stereocenters. The standard InChI is InChI=1S/C12H21NO2S/c1-3-14-8-9-15-7-6-13-11(2)12-5-4-10-16-12/h4-5,10-11,13H,3,6-9H2,1-2H3. The number of ether oxygens (including phenoxy) is 2. The lowest BCUT2D eigenvalue weighted by atomic mass is 10.3. The van der Waals surface area contributed by atoms with E-state index >= 15 is 0 Å². The number of thiophene rings is 1. The molecule has 0 fully saturated rings. The molecule has 0 bridgehead atoms. The van der Waals surface area contributed by atoms with Gasteiger partial charge in [0.25, 0.3) is 0 Å². The maximum Gasteiger partial charge on any atom is 0.0701 e. The van der Waals surface area contributed by atoms with Crippen LogP contribution in [0.25, 0.3) is 0 Å². The first-order chi connectivity index (χ1) is 7.84. The van der Waals surface area contributed by atoms with Crippen molar-refractivity contribution in [2.24, 2.45) is 0 Å². The molecule has 0 amide bonds. The van der Waals surface area contributed by atoms with E-state index < -0.39 is 0 Å². The van der Waals surface area contributed by atoms with Gasteiger partial charge < -0.3 is 14.8 Å². The molecule has 0 aliphatic rings. The Balaban J connectivity index is 1.95. The highest BCUT2D eigenvalue weighted by Gasteiger charge is 2.04. The minimum atomic E-state index is 0.412. The van der Waals surface area contributed by atoms with Crippen molar-refractivity contribution in [2.75, 3.05) is 33.0 Å². The van der Waals surface area contributed by atoms with Crippen LogP contribution in [0.5, 0.6) is 0 Å². The van der Waals surface area contributed by atoms with Crippen LogP contribution in [0.4, 0.5) is 0 Å². The van der Waals surface area contributed by atoms with Gasteiger partial charge in [0.1, 0.15) is 0 Å². The van der Waals surface area contributed by atoms with E-state index in [0.717, 1.165) is 19.8 Å². The van der Waals surface area contributed by atoms with E-state index in [1.54, 1.807) is 11.3 Å². The van der Waals surface area contributed by atoms with Crippen LogP contribution >= 0.6 is 11.3 Å². The summed E-state index contributed by atoms with van der Waals surface area (Å²) in [6.45, 7) is 7.92. The van der Waals surface area contributed by atoms with Crippen LogP contribution in [0.2, 0.25) is 0 Å². The Morgan fingerprint density at radius 2 is 2.12 bits per heavy atom. The highest BCUT2D eigenvalue weighted by molar-refractivity contribution is 7.10. The van der Waals surface area contributed by atoms with Gasteiger partial charge in [-0.05, 0) is 25.3 Å². The second-order valence-corrected chi connectivity index (χ2v) is 4.48. The van der Waals surface area contributed by atoms with Crippen molar-refractivity contribution >= 4 is 11.3 Å². The molecule has 4 heteroatoms. The summed E-state index contributed by atoms with van der Waals surface area (Å²) in [7, 11) is 0. The molecule has 0 saturated carbocycles. The van der Waals surface area contributed by atoms with Gasteiger partial charge in [0.05, 0.1) is 19.8 Å². The molecule has 92 valence electrons. The monoisotopic (exact) mass is 243 g/mol. The normalized spacial score (nSPS) is 12.9. The van der Waals surface area contributed by atoms with E-state index in [4.69, 9.17) is 9.47 Å². The molecule has 1 rings (SSSR count). The minimum Gasteiger partial charge on any atom is -0.379 e. The van der Waals surface area contributed by atoms with Crippen molar-refractivity contribution in [1.29, 1.82) is 0 Å². The third kappa shape index (κ3) is 5.61. The van der Waals surface area contributed by atoms with Gasteiger partial charge in [0.2, 0.25) is 0 Å². The van der Waals surface area contributed by atoms with Gasteiger partial charge in [-0.25, -0.2) is 0 Å². The number of hydrogen-bond acceptors (Lipinski definition) is 4. The Morgan fingerprint density at radius 1 is 1.31 bits per heavy atom. The molecular weight excluding hydrogens is 222 g/mol. The van der Waals surface area contributed by atoms with Crippen molar-refractivity contribution in [2.45, 2.75) is 19.9 Å². The lowest BCUT2D eigenvalue weighted by molar-refractivity contribution is 0.0534. The highest BCUT2D eigenvalue weighted by Crippen LogP contribution is 2.17. The molecule has 0 aliphatic carbocycles. The molecule has 0 aromatic carbocycles. The van der Waals surface area contributed by atoms with E-state index in [9.17, 15) is 0 Å². The predicted molar refractivity (Wildman–Crippen MR) is 68.0 cm³/mol. The van der Waals surface area contributed by atoms with Crippen molar-refractivity contribution < 1.29 is 9.47 Å². The Bertz CT molecular complexity index is 252. The van der Waals surface area contributed by atoms with Crippen LogP contribution in [0.1, 0.15) is 24.8 Å². The minimum absolute atomic E-state index is 0.412. The third-order valence-corrected chi connectivity index (χ3v) is 3.30. The molecule has 16 heavy (non-hydrogen) atoms. The first-order valence-corrected chi connectivity index (χ1v) is 6.64. The summed E-state index contributed by atoms with van der Waals surface area (Å²) in [4.78, 5) is 1.37. The zero-order chi connectivity index (χ0) is 11.6. The van der Waals surface area contributed by atoms with Gasteiger partial charge in [-0.15, -0.1) is 11.3 Å². The van der Waals surface area contributed by atoms with E-state index in [0.29, 0.717) is 19.3 Å². The molecule has 0 radical (unpaired) electrons. The molecule has 0 saturated heterocycles. The van der Waals surface area contributed by atoms with Crippen LogP contribution in [0, 0.1) is 0 Å². The SMILES string of the molecule is CCOCCOCCNC(C)c1cccs1. The van der Waals surface area contributed by atoms with Crippen LogP contribution in [0.3, 0.4) is 0 Å². The van der Waals surface area contributed by atoms with Crippen LogP contribution in [-0.2, 0) is 9.47 Å². The predicted octanol–water partition coefficient (Wildman–Crippen LogP) is 2.45. The summed E-state index contributed by atoms with van der Waals surface area (Å²) >= 11 is 1.78. The lowest BCUT2D eigenvalue weighted by Crippen LogP contribution is -2.23. The van der Waals surface area contributed by atoms with E-state index in [1.807, 2.05) is 6.92 Å². The van der Waals surface area contributed by atoms with Crippen molar-refractivity contribution in [3.8, 4) is 0 Å². The Labute approximate surface area is 102 Å². The lowest BCUT2D eigenvalue weighted by Gasteiger charge is -2.12. The molecule has 1 heterocycles. The average Bonchev–Trinajstić information content (AvgIpc) is 2.81. The van der Waals surface area contributed by atoms with Crippen LogP contribution < -0.4 is 5.32 Å². The Hall–Kier alpha value is -0.420. The average molecular weight is 243 g/mol. The third-order valence-electron chi connectivity index (χ3n) is 2.24. The summed E-state index contributed by atoms with van der Waals surface area (Å²) in [5, 5.41) is 5.52. The largest absolute Gasteiger partial charge is 0.379 e. The van der Waals surface area contributed by atoms with Gasteiger partial charge in [0.15, 0.2) is 0 Å². The Morgan fingerprint density at radius 3 is 2.81 bits per heavy atom. The maximum absolute atomic E-state index is 5.42. The van der Waals surface area contributed by atoms with Gasteiger partial charge in [-0.1, -0.05) is 6.07 Å². The first kappa shape index (κ1) is 13.6. The summed E-state index contributed by atoms with van der Waals surface area (Å²) in [6, 6.07) is 4.64. The fourth-order valence-corrected chi connectivity index (χ4v) is 2.11. The number of nitrogens with one attached hydrogen (secondary N) is 1. The van der Waals surface area contributed by atoms with Gasteiger partial charge in [-0.2, -0.15) is 0 Å². The second-order valence-electron chi connectivity index (χ2n) is 3.50. The fourth-order valence-electron chi connectivity index (χ4n) is 1.35. The van der Waals surface area contributed by atoms with E-state index in [2.05, 4.69) is 29.8 Å². The molecule has 1 aromatic rings. The molecular formula is C12H21NO2S. The van der Waals surface area contributed by atoms with Gasteiger partial charge >= 0.3 is 0 Å². The quantitative estimate of drug-likeness (QED) is 0.676. The van der Waals surface area contributed by atoms with Crippen molar-refractivity contribution in [3.63, 3.8) is 0 Å². The van der Waals surface area contributed by atoms with Crippen LogP contribution in [-0.4, -0.2) is 33.0 Å². The molecule has 1 aromatic heterocycles. The first-order valence-electron chi connectivity index (χ1n) is 5.77. The molecule has 1 N–H and O–H groups in total. The summed E-state index contributed by atoms with van der Waals surface area (Å²) in [5.74, 6) is 0. The van der Waals surface area contributed by atoms with E-state index in [1.165, 1.54) is 4.88 Å². The molecule has 1 unspecified atom stereocenters. The number of hydrogen-bond donors (Lipinski definition) is 1. The summed E-state index contributed by atoms with van der Waals surface area (Å²) < 4.78 is 10.6. The second kappa shape index (κ2) is 8.70. The smallest absolute Gasteiger partial charge is 0.0701 e. The number of rotatable bonds is 9. The van der Waals surface area contributed by atoms with E-state index in [-0.39, 0.29) is 0 Å². The molecule has 0 spiro atoms. The van der Waals surface area contributed by atoms with Crippen molar-refractivity contribution in [1.82, 2.24) is 5.32 Å². The molecule has 3 nitrogen and oxygen atoms in total. The highest BCUT2D eigenvalue weighted by atomic mass is 32.1. The summed E-state index contributed by atoms with van der Waals surface area (Å²) in [6.07, 6.45) is 0.